The minimum atomic E-state index is -1.000. The maximum absolute atomic E-state index is 13.4. The SMILES string of the molecule is Cc1ccc(Oc2ccc(/C=C/C(=O)O)cc2)cc1F. The minimum Gasteiger partial charge on any atom is -0.478 e. The van der Waals surface area contributed by atoms with Crippen LogP contribution in [0.3, 0.4) is 0 Å². The van der Waals surface area contributed by atoms with Crippen LogP contribution in [-0.2, 0) is 4.79 Å². The molecule has 0 aliphatic heterocycles. The van der Waals surface area contributed by atoms with Gasteiger partial charge in [0.05, 0.1) is 0 Å². The Kier molecular flexibility index (Phi) is 4.15. The van der Waals surface area contributed by atoms with Gasteiger partial charge in [-0.3, -0.25) is 0 Å². The van der Waals surface area contributed by atoms with Crippen LogP contribution in [0.5, 0.6) is 11.5 Å². The maximum atomic E-state index is 13.4. The third-order valence-electron chi connectivity index (χ3n) is 2.68. The van der Waals surface area contributed by atoms with E-state index in [1.807, 2.05) is 0 Å². The number of aliphatic carboxylic acids is 1. The number of ether oxygens (including phenoxy) is 1. The van der Waals surface area contributed by atoms with Crippen LogP contribution in [0.4, 0.5) is 4.39 Å². The molecule has 0 aromatic heterocycles. The van der Waals surface area contributed by atoms with Crippen molar-refractivity contribution in [1.29, 1.82) is 0 Å². The van der Waals surface area contributed by atoms with Crippen molar-refractivity contribution in [3.63, 3.8) is 0 Å². The number of carboxylic acids is 1. The van der Waals surface area contributed by atoms with Gasteiger partial charge in [-0.2, -0.15) is 0 Å². The van der Waals surface area contributed by atoms with Crippen LogP contribution in [0.1, 0.15) is 11.1 Å². The van der Waals surface area contributed by atoms with Gasteiger partial charge < -0.3 is 9.84 Å². The molecule has 0 heterocycles. The summed E-state index contributed by atoms with van der Waals surface area (Å²) in [6, 6.07) is 11.5. The average molecular weight is 272 g/mol. The predicted molar refractivity (Wildman–Crippen MR) is 74.3 cm³/mol. The zero-order valence-electron chi connectivity index (χ0n) is 10.8. The van der Waals surface area contributed by atoms with Gasteiger partial charge in [-0.1, -0.05) is 18.2 Å². The van der Waals surface area contributed by atoms with E-state index in [1.54, 1.807) is 43.3 Å². The fourth-order valence-electron chi connectivity index (χ4n) is 1.59. The zero-order chi connectivity index (χ0) is 14.5. The second-order valence-corrected chi connectivity index (χ2v) is 4.25. The highest BCUT2D eigenvalue weighted by Crippen LogP contribution is 2.23. The Labute approximate surface area is 115 Å². The van der Waals surface area contributed by atoms with Gasteiger partial charge in [-0.25, -0.2) is 9.18 Å². The van der Waals surface area contributed by atoms with Gasteiger partial charge in [0.1, 0.15) is 17.3 Å². The Balaban J connectivity index is 2.10. The molecular weight excluding hydrogens is 259 g/mol. The predicted octanol–water partition coefficient (Wildman–Crippen LogP) is 4.02. The standard InChI is InChI=1S/C16H13FO3/c1-11-2-6-14(10-15(11)17)20-13-7-3-12(4-8-13)5-9-16(18)19/h2-10H,1H3,(H,18,19)/b9-5+. The number of aryl methyl sites for hydroxylation is 1. The molecule has 0 amide bonds. The van der Waals surface area contributed by atoms with Gasteiger partial charge in [0, 0.05) is 12.1 Å². The van der Waals surface area contributed by atoms with Crippen LogP contribution in [0, 0.1) is 12.7 Å². The van der Waals surface area contributed by atoms with Crippen molar-refractivity contribution in [3.8, 4) is 11.5 Å². The topological polar surface area (TPSA) is 46.5 Å². The molecule has 2 aromatic carbocycles. The smallest absolute Gasteiger partial charge is 0.328 e. The molecular formula is C16H13FO3. The van der Waals surface area contributed by atoms with Crippen molar-refractivity contribution >= 4 is 12.0 Å². The van der Waals surface area contributed by atoms with Crippen molar-refractivity contribution in [3.05, 3.63) is 65.5 Å². The number of hydrogen-bond acceptors (Lipinski definition) is 2. The van der Waals surface area contributed by atoms with Gasteiger partial charge >= 0.3 is 5.97 Å². The highest BCUT2D eigenvalue weighted by Gasteiger charge is 2.01. The summed E-state index contributed by atoms with van der Waals surface area (Å²) in [7, 11) is 0. The van der Waals surface area contributed by atoms with Crippen LogP contribution in [0.15, 0.2) is 48.5 Å². The third kappa shape index (κ3) is 3.68. The number of carboxylic acid groups (broad SMARTS) is 1. The number of hydrogen-bond donors (Lipinski definition) is 1. The molecule has 0 spiro atoms. The Bertz CT molecular complexity index is 645. The summed E-state index contributed by atoms with van der Waals surface area (Å²) in [6.45, 7) is 1.68. The van der Waals surface area contributed by atoms with Crippen molar-refractivity contribution in [2.75, 3.05) is 0 Å². The molecule has 2 aromatic rings. The maximum Gasteiger partial charge on any atom is 0.328 e. The van der Waals surface area contributed by atoms with E-state index in [9.17, 15) is 9.18 Å². The molecule has 0 saturated heterocycles. The fraction of sp³-hybridized carbons (Fsp3) is 0.0625. The summed E-state index contributed by atoms with van der Waals surface area (Å²) in [6.07, 6.45) is 2.54. The first-order valence-corrected chi connectivity index (χ1v) is 6.00. The summed E-state index contributed by atoms with van der Waals surface area (Å²) in [5.74, 6) is -0.341. The number of halogens is 1. The van der Waals surface area contributed by atoms with Crippen LogP contribution in [-0.4, -0.2) is 11.1 Å². The Morgan fingerprint density at radius 3 is 2.40 bits per heavy atom. The Morgan fingerprint density at radius 1 is 1.15 bits per heavy atom. The number of rotatable bonds is 4. The van der Waals surface area contributed by atoms with Crippen molar-refractivity contribution in [2.45, 2.75) is 6.92 Å². The highest BCUT2D eigenvalue weighted by molar-refractivity contribution is 5.85. The van der Waals surface area contributed by atoms with Crippen molar-refractivity contribution in [2.24, 2.45) is 0 Å². The van der Waals surface area contributed by atoms with Crippen LogP contribution < -0.4 is 4.74 Å². The summed E-state index contributed by atoms with van der Waals surface area (Å²) in [5.41, 5.74) is 1.31. The summed E-state index contributed by atoms with van der Waals surface area (Å²) >= 11 is 0. The van der Waals surface area contributed by atoms with Crippen LogP contribution in [0.2, 0.25) is 0 Å². The molecule has 4 heteroatoms. The quantitative estimate of drug-likeness (QED) is 0.855. The van der Waals surface area contributed by atoms with E-state index in [1.165, 1.54) is 12.1 Å². The van der Waals surface area contributed by atoms with Crippen molar-refractivity contribution < 1.29 is 19.0 Å². The molecule has 1 N–H and O–H groups in total. The monoisotopic (exact) mass is 272 g/mol. The molecule has 0 saturated carbocycles. The normalized spacial score (nSPS) is 10.7. The molecule has 0 fully saturated rings. The number of carbonyl (C=O) groups is 1. The first-order chi connectivity index (χ1) is 9.54. The second kappa shape index (κ2) is 6.02. The lowest BCUT2D eigenvalue weighted by atomic mass is 10.2. The van der Waals surface area contributed by atoms with Gasteiger partial charge in [-0.05, 0) is 42.3 Å². The molecule has 0 aliphatic carbocycles. The molecule has 0 atom stereocenters. The summed E-state index contributed by atoms with van der Waals surface area (Å²) < 4.78 is 18.9. The second-order valence-electron chi connectivity index (χ2n) is 4.25. The molecule has 102 valence electrons. The van der Waals surface area contributed by atoms with Gasteiger partial charge in [0.25, 0.3) is 0 Å². The summed E-state index contributed by atoms with van der Waals surface area (Å²) in [5, 5.41) is 8.53. The van der Waals surface area contributed by atoms with E-state index in [0.29, 0.717) is 17.1 Å². The molecule has 0 radical (unpaired) electrons. The Hall–Kier alpha value is -2.62. The summed E-state index contributed by atoms with van der Waals surface area (Å²) in [4.78, 5) is 10.4. The van der Waals surface area contributed by atoms with E-state index in [4.69, 9.17) is 9.84 Å². The van der Waals surface area contributed by atoms with Gasteiger partial charge in [0.15, 0.2) is 0 Å². The third-order valence-corrected chi connectivity index (χ3v) is 2.68. The van der Waals surface area contributed by atoms with Crippen LogP contribution >= 0.6 is 0 Å². The molecule has 3 nitrogen and oxygen atoms in total. The first-order valence-electron chi connectivity index (χ1n) is 6.00. The molecule has 20 heavy (non-hydrogen) atoms. The van der Waals surface area contributed by atoms with Gasteiger partial charge in [0.2, 0.25) is 0 Å². The van der Waals surface area contributed by atoms with E-state index in [-0.39, 0.29) is 5.82 Å². The Morgan fingerprint density at radius 2 is 1.80 bits per heavy atom. The fourth-order valence-corrected chi connectivity index (χ4v) is 1.59. The minimum absolute atomic E-state index is 0.316. The van der Waals surface area contributed by atoms with E-state index < -0.39 is 5.97 Å². The molecule has 2 rings (SSSR count). The van der Waals surface area contributed by atoms with E-state index in [2.05, 4.69) is 0 Å². The lowest BCUT2D eigenvalue weighted by Gasteiger charge is -2.06. The molecule has 0 aliphatic rings. The highest BCUT2D eigenvalue weighted by atomic mass is 19.1. The number of benzene rings is 2. The molecule has 0 unspecified atom stereocenters. The van der Waals surface area contributed by atoms with Crippen molar-refractivity contribution in [1.82, 2.24) is 0 Å². The molecule has 0 bridgehead atoms. The lowest BCUT2D eigenvalue weighted by molar-refractivity contribution is -0.131. The zero-order valence-corrected chi connectivity index (χ0v) is 10.8. The lowest BCUT2D eigenvalue weighted by Crippen LogP contribution is -1.88. The average Bonchev–Trinajstić information content (AvgIpc) is 2.42. The van der Waals surface area contributed by atoms with Gasteiger partial charge in [-0.15, -0.1) is 0 Å². The van der Waals surface area contributed by atoms with Crippen LogP contribution in [0.25, 0.3) is 6.08 Å². The van der Waals surface area contributed by atoms with E-state index >= 15 is 0 Å². The first kappa shape index (κ1) is 13.8. The largest absolute Gasteiger partial charge is 0.478 e. The van der Waals surface area contributed by atoms with E-state index in [0.717, 1.165) is 11.6 Å².